The Hall–Kier alpha value is -1.10. The average molecular weight is 279 g/mol. The van der Waals surface area contributed by atoms with Crippen molar-refractivity contribution in [3.63, 3.8) is 0 Å². The molecule has 2 rings (SSSR count). The number of nitrogens with one attached hydrogen (secondary N) is 1. The molecular formula is C14H21N3OS. The van der Waals surface area contributed by atoms with Crippen molar-refractivity contribution >= 4 is 17.7 Å². The zero-order valence-electron chi connectivity index (χ0n) is 11.6. The Morgan fingerprint density at radius 2 is 1.89 bits per heavy atom. The van der Waals surface area contributed by atoms with Crippen LogP contribution in [0.25, 0.3) is 0 Å². The number of carbonyl (C=O) groups excluding carboxylic acids is 1. The van der Waals surface area contributed by atoms with Crippen LogP contribution in [0.2, 0.25) is 0 Å². The fourth-order valence-electron chi connectivity index (χ4n) is 2.40. The lowest BCUT2D eigenvalue weighted by Gasteiger charge is -2.22. The Morgan fingerprint density at radius 3 is 2.53 bits per heavy atom. The summed E-state index contributed by atoms with van der Waals surface area (Å²) in [6, 6.07) is 2.31. The summed E-state index contributed by atoms with van der Waals surface area (Å²) in [6.07, 6.45) is 6.01. The Balaban J connectivity index is 1.79. The normalized spacial score (nSPS) is 16.3. The highest BCUT2D eigenvalue weighted by atomic mass is 32.2. The molecule has 0 spiro atoms. The van der Waals surface area contributed by atoms with Gasteiger partial charge in [0.25, 0.3) is 0 Å². The minimum atomic E-state index is 0.0969. The molecule has 1 aromatic heterocycles. The topological polar surface area (TPSA) is 54.9 Å². The van der Waals surface area contributed by atoms with Crippen LogP contribution in [0.5, 0.6) is 0 Å². The van der Waals surface area contributed by atoms with Crippen molar-refractivity contribution in [1.82, 2.24) is 15.3 Å². The van der Waals surface area contributed by atoms with Crippen LogP contribution in [0.15, 0.2) is 11.2 Å². The number of hydrogen-bond acceptors (Lipinski definition) is 4. The summed E-state index contributed by atoms with van der Waals surface area (Å²) in [5, 5.41) is 3.79. The van der Waals surface area contributed by atoms with Gasteiger partial charge in [-0.15, -0.1) is 0 Å². The molecule has 4 nitrogen and oxygen atoms in total. The number of aromatic nitrogens is 2. The largest absolute Gasteiger partial charge is 0.353 e. The highest BCUT2D eigenvalue weighted by Gasteiger charge is 2.15. The van der Waals surface area contributed by atoms with Crippen molar-refractivity contribution in [2.75, 3.05) is 5.75 Å². The molecule has 5 heteroatoms. The van der Waals surface area contributed by atoms with Gasteiger partial charge in [0.05, 0.1) is 5.75 Å². The molecule has 0 saturated heterocycles. The van der Waals surface area contributed by atoms with Gasteiger partial charge in [0, 0.05) is 17.4 Å². The third-order valence-electron chi connectivity index (χ3n) is 3.26. The Bertz CT molecular complexity index is 424. The van der Waals surface area contributed by atoms with E-state index in [0.717, 1.165) is 24.2 Å². The third-order valence-corrected chi connectivity index (χ3v) is 4.11. The molecule has 1 heterocycles. The summed E-state index contributed by atoms with van der Waals surface area (Å²) in [6.45, 7) is 3.89. The van der Waals surface area contributed by atoms with Crippen LogP contribution in [-0.2, 0) is 4.79 Å². The minimum absolute atomic E-state index is 0.0969. The van der Waals surface area contributed by atoms with Gasteiger partial charge in [-0.3, -0.25) is 4.79 Å². The van der Waals surface area contributed by atoms with Gasteiger partial charge < -0.3 is 5.32 Å². The van der Waals surface area contributed by atoms with Crippen molar-refractivity contribution in [2.45, 2.75) is 57.1 Å². The number of aryl methyl sites for hydroxylation is 2. The molecule has 0 atom stereocenters. The second-order valence-corrected chi connectivity index (χ2v) is 6.07. The number of amides is 1. The quantitative estimate of drug-likeness (QED) is 0.680. The van der Waals surface area contributed by atoms with Gasteiger partial charge in [0.1, 0.15) is 0 Å². The third kappa shape index (κ3) is 4.82. The molecule has 0 aliphatic heterocycles. The van der Waals surface area contributed by atoms with Gasteiger partial charge in [-0.25, -0.2) is 9.97 Å². The van der Waals surface area contributed by atoms with Crippen LogP contribution < -0.4 is 5.32 Å². The Morgan fingerprint density at radius 1 is 1.26 bits per heavy atom. The number of carbonyl (C=O) groups is 1. The molecule has 19 heavy (non-hydrogen) atoms. The van der Waals surface area contributed by atoms with Crippen molar-refractivity contribution < 1.29 is 4.79 Å². The van der Waals surface area contributed by atoms with E-state index < -0.39 is 0 Å². The zero-order valence-corrected chi connectivity index (χ0v) is 12.4. The summed E-state index contributed by atoms with van der Waals surface area (Å²) in [4.78, 5) is 20.5. The fourth-order valence-corrected chi connectivity index (χ4v) is 3.17. The maximum atomic E-state index is 11.9. The molecule has 1 aromatic rings. The van der Waals surface area contributed by atoms with E-state index in [2.05, 4.69) is 15.3 Å². The molecule has 1 fully saturated rings. The summed E-state index contributed by atoms with van der Waals surface area (Å²) >= 11 is 1.41. The Kier molecular flexibility index (Phi) is 5.19. The summed E-state index contributed by atoms with van der Waals surface area (Å²) in [5.41, 5.74) is 1.89. The van der Waals surface area contributed by atoms with E-state index in [1.165, 1.54) is 31.0 Å². The lowest BCUT2D eigenvalue weighted by atomic mass is 9.95. The van der Waals surface area contributed by atoms with E-state index in [0.29, 0.717) is 17.0 Å². The smallest absolute Gasteiger partial charge is 0.230 e. The SMILES string of the molecule is Cc1cc(C)nc(SCC(=O)NC2CCCCC2)n1. The van der Waals surface area contributed by atoms with E-state index in [1.807, 2.05) is 19.9 Å². The van der Waals surface area contributed by atoms with Gasteiger partial charge in [0.15, 0.2) is 5.16 Å². The maximum Gasteiger partial charge on any atom is 0.230 e. The Labute approximate surface area is 118 Å². The predicted molar refractivity (Wildman–Crippen MR) is 77.2 cm³/mol. The first-order chi connectivity index (χ1) is 9.13. The molecule has 1 amide bonds. The zero-order chi connectivity index (χ0) is 13.7. The first kappa shape index (κ1) is 14.3. The molecule has 1 aliphatic carbocycles. The highest BCUT2D eigenvalue weighted by molar-refractivity contribution is 7.99. The molecule has 104 valence electrons. The van der Waals surface area contributed by atoms with Gasteiger partial charge in [0.2, 0.25) is 5.91 Å². The molecular weight excluding hydrogens is 258 g/mol. The molecule has 1 N–H and O–H groups in total. The number of hydrogen-bond donors (Lipinski definition) is 1. The second kappa shape index (κ2) is 6.89. The van der Waals surface area contributed by atoms with Gasteiger partial charge in [-0.1, -0.05) is 31.0 Å². The molecule has 0 aromatic carbocycles. The van der Waals surface area contributed by atoms with Crippen LogP contribution in [0, 0.1) is 13.8 Å². The lowest BCUT2D eigenvalue weighted by molar-refractivity contribution is -0.119. The minimum Gasteiger partial charge on any atom is -0.353 e. The summed E-state index contributed by atoms with van der Waals surface area (Å²) in [5.74, 6) is 0.499. The van der Waals surface area contributed by atoms with Crippen LogP contribution >= 0.6 is 11.8 Å². The fraction of sp³-hybridized carbons (Fsp3) is 0.643. The summed E-state index contributed by atoms with van der Waals surface area (Å²) in [7, 11) is 0. The van der Waals surface area contributed by atoms with Gasteiger partial charge >= 0.3 is 0 Å². The van der Waals surface area contributed by atoms with E-state index in [-0.39, 0.29) is 5.91 Å². The maximum absolute atomic E-state index is 11.9. The number of rotatable bonds is 4. The highest BCUT2D eigenvalue weighted by Crippen LogP contribution is 2.18. The van der Waals surface area contributed by atoms with E-state index >= 15 is 0 Å². The van der Waals surface area contributed by atoms with E-state index in [1.54, 1.807) is 0 Å². The van der Waals surface area contributed by atoms with Crippen LogP contribution in [-0.4, -0.2) is 27.7 Å². The number of thioether (sulfide) groups is 1. The molecule has 0 bridgehead atoms. The van der Waals surface area contributed by atoms with Crippen LogP contribution in [0.3, 0.4) is 0 Å². The van der Waals surface area contributed by atoms with Crippen LogP contribution in [0.1, 0.15) is 43.5 Å². The number of nitrogens with zero attached hydrogens (tertiary/aromatic N) is 2. The monoisotopic (exact) mass is 279 g/mol. The summed E-state index contributed by atoms with van der Waals surface area (Å²) < 4.78 is 0. The van der Waals surface area contributed by atoms with Crippen molar-refractivity contribution in [3.05, 3.63) is 17.5 Å². The molecule has 1 saturated carbocycles. The first-order valence-corrected chi connectivity index (χ1v) is 7.86. The second-order valence-electron chi connectivity index (χ2n) is 5.12. The average Bonchev–Trinajstić information content (AvgIpc) is 2.36. The van der Waals surface area contributed by atoms with Crippen molar-refractivity contribution in [3.8, 4) is 0 Å². The lowest BCUT2D eigenvalue weighted by Crippen LogP contribution is -2.37. The standard InChI is InChI=1S/C14H21N3OS/c1-10-8-11(2)16-14(15-10)19-9-13(18)17-12-6-4-3-5-7-12/h8,12H,3-7,9H2,1-2H3,(H,17,18). The van der Waals surface area contributed by atoms with Crippen molar-refractivity contribution in [1.29, 1.82) is 0 Å². The predicted octanol–water partition coefficient (Wildman–Crippen LogP) is 2.63. The molecule has 0 unspecified atom stereocenters. The van der Waals surface area contributed by atoms with E-state index in [9.17, 15) is 4.79 Å². The molecule has 0 radical (unpaired) electrons. The van der Waals surface area contributed by atoms with Gasteiger partial charge in [-0.2, -0.15) is 0 Å². The van der Waals surface area contributed by atoms with Crippen molar-refractivity contribution in [2.24, 2.45) is 0 Å². The first-order valence-electron chi connectivity index (χ1n) is 6.88. The molecule has 1 aliphatic rings. The van der Waals surface area contributed by atoms with Crippen LogP contribution in [0.4, 0.5) is 0 Å². The van der Waals surface area contributed by atoms with E-state index in [4.69, 9.17) is 0 Å². The van der Waals surface area contributed by atoms with Gasteiger partial charge in [-0.05, 0) is 32.8 Å².